The summed E-state index contributed by atoms with van der Waals surface area (Å²) < 4.78 is 5.04. The number of nitrogens with one attached hydrogen (secondary N) is 1. The first kappa shape index (κ1) is 12.5. The van der Waals surface area contributed by atoms with Crippen LogP contribution in [0, 0.1) is 0 Å². The Morgan fingerprint density at radius 2 is 2.15 bits per heavy atom. The maximum atomic E-state index is 11.9. The van der Waals surface area contributed by atoms with Crippen molar-refractivity contribution in [3.8, 4) is 0 Å². The van der Waals surface area contributed by atoms with E-state index in [1.54, 1.807) is 30.0 Å². The Labute approximate surface area is 116 Å². The molecule has 0 bridgehead atoms. The summed E-state index contributed by atoms with van der Waals surface area (Å²) >= 11 is 0. The van der Waals surface area contributed by atoms with Gasteiger partial charge in [0, 0.05) is 24.8 Å². The molecular formula is C15H14N2O3. The minimum atomic E-state index is -0.281. The van der Waals surface area contributed by atoms with E-state index in [0.29, 0.717) is 12.2 Å². The molecule has 102 valence electrons. The average molecular weight is 270 g/mol. The minimum absolute atomic E-state index is 0.0381. The van der Waals surface area contributed by atoms with Crippen LogP contribution in [0.3, 0.4) is 0 Å². The van der Waals surface area contributed by atoms with E-state index >= 15 is 0 Å². The highest BCUT2D eigenvalue weighted by Crippen LogP contribution is 2.30. The lowest BCUT2D eigenvalue weighted by Crippen LogP contribution is -2.25. The van der Waals surface area contributed by atoms with Gasteiger partial charge in [-0.1, -0.05) is 0 Å². The maximum absolute atomic E-state index is 11.9. The summed E-state index contributed by atoms with van der Waals surface area (Å²) in [6, 6.07) is 8.84. The van der Waals surface area contributed by atoms with Gasteiger partial charge in [0.1, 0.15) is 0 Å². The zero-order valence-corrected chi connectivity index (χ0v) is 11.1. The lowest BCUT2D eigenvalue weighted by Gasteiger charge is -2.14. The highest BCUT2D eigenvalue weighted by atomic mass is 16.3. The third kappa shape index (κ3) is 2.18. The number of rotatable bonds is 2. The molecule has 5 heteroatoms. The van der Waals surface area contributed by atoms with E-state index in [-0.39, 0.29) is 17.6 Å². The van der Waals surface area contributed by atoms with E-state index in [1.807, 2.05) is 12.1 Å². The average Bonchev–Trinajstić information content (AvgIpc) is 3.07. The first-order valence-corrected chi connectivity index (χ1v) is 6.41. The van der Waals surface area contributed by atoms with Gasteiger partial charge in [0.15, 0.2) is 5.76 Å². The van der Waals surface area contributed by atoms with Gasteiger partial charge in [-0.05, 0) is 42.3 Å². The number of hydrogen-bond donors (Lipinski definition) is 1. The van der Waals surface area contributed by atoms with Crippen molar-refractivity contribution in [2.45, 2.75) is 13.3 Å². The van der Waals surface area contributed by atoms with Crippen LogP contribution >= 0.6 is 0 Å². The van der Waals surface area contributed by atoms with Gasteiger partial charge < -0.3 is 14.6 Å². The predicted molar refractivity (Wildman–Crippen MR) is 74.8 cm³/mol. The molecule has 0 fully saturated rings. The number of carbonyl (C=O) groups excluding carboxylic acids is 2. The van der Waals surface area contributed by atoms with Crippen LogP contribution in [0.15, 0.2) is 41.0 Å². The summed E-state index contributed by atoms with van der Waals surface area (Å²) in [4.78, 5) is 25.1. The van der Waals surface area contributed by atoms with Crippen LogP contribution in [0.4, 0.5) is 11.4 Å². The molecule has 0 atom stereocenters. The van der Waals surface area contributed by atoms with Crippen LogP contribution in [0.2, 0.25) is 0 Å². The zero-order chi connectivity index (χ0) is 14.1. The number of carbonyl (C=O) groups is 2. The Kier molecular flexibility index (Phi) is 3.02. The number of anilines is 2. The molecule has 3 rings (SSSR count). The lowest BCUT2D eigenvalue weighted by molar-refractivity contribution is -0.116. The van der Waals surface area contributed by atoms with E-state index in [1.165, 1.54) is 6.26 Å². The number of amides is 2. The summed E-state index contributed by atoms with van der Waals surface area (Å²) in [7, 11) is 0. The molecule has 0 saturated carbocycles. The van der Waals surface area contributed by atoms with Crippen LogP contribution in [0.1, 0.15) is 23.0 Å². The van der Waals surface area contributed by atoms with Crippen LogP contribution < -0.4 is 10.2 Å². The molecule has 20 heavy (non-hydrogen) atoms. The molecule has 1 aliphatic heterocycles. The van der Waals surface area contributed by atoms with Gasteiger partial charge in [-0.25, -0.2) is 0 Å². The Bertz CT molecular complexity index is 662. The molecular weight excluding hydrogens is 256 g/mol. The molecule has 2 amide bonds. The minimum Gasteiger partial charge on any atom is -0.459 e. The zero-order valence-electron chi connectivity index (χ0n) is 11.1. The smallest absolute Gasteiger partial charge is 0.291 e. The number of benzene rings is 1. The standard InChI is InChI=1S/C15H14N2O3/c1-10(18)17-7-6-11-9-12(4-5-13(11)17)16-15(19)14-3-2-8-20-14/h2-5,8-9H,6-7H2,1H3,(H,16,19). The highest BCUT2D eigenvalue weighted by Gasteiger charge is 2.22. The topological polar surface area (TPSA) is 62.6 Å². The van der Waals surface area contributed by atoms with Gasteiger partial charge >= 0.3 is 0 Å². The second kappa shape index (κ2) is 4.85. The molecule has 5 nitrogen and oxygen atoms in total. The van der Waals surface area contributed by atoms with Gasteiger partial charge in [-0.15, -0.1) is 0 Å². The van der Waals surface area contributed by atoms with Crippen molar-refractivity contribution in [3.63, 3.8) is 0 Å². The molecule has 0 radical (unpaired) electrons. The fourth-order valence-corrected chi connectivity index (χ4v) is 2.41. The molecule has 0 spiro atoms. The molecule has 2 aromatic rings. The maximum Gasteiger partial charge on any atom is 0.291 e. The summed E-state index contributed by atoms with van der Waals surface area (Å²) in [5.41, 5.74) is 2.70. The van der Waals surface area contributed by atoms with E-state index in [4.69, 9.17) is 4.42 Å². The molecule has 1 aliphatic rings. The Morgan fingerprint density at radius 3 is 2.85 bits per heavy atom. The summed E-state index contributed by atoms with van der Waals surface area (Å²) in [6.45, 7) is 2.25. The molecule has 1 N–H and O–H groups in total. The van der Waals surface area contributed by atoms with Crippen molar-refractivity contribution >= 4 is 23.2 Å². The third-order valence-corrected chi connectivity index (χ3v) is 3.36. The summed E-state index contributed by atoms with van der Waals surface area (Å²) in [5.74, 6) is 0.0309. The molecule has 1 aromatic carbocycles. The van der Waals surface area contributed by atoms with Crippen LogP contribution in [-0.2, 0) is 11.2 Å². The van der Waals surface area contributed by atoms with Crippen LogP contribution in [-0.4, -0.2) is 18.4 Å². The van der Waals surface area contributed by atoms with E-state index in [2.05, 4.69) is 5.32 Å². The van der Waals surface area contributed by atoms with Crippen LogP contribution in [0.25, 0.3) is 0 Å². The lowest BCUT2D eigenvalue weighted by atomic mass is 10.1. The fraction of sp³-hybridized carbons (Fsp3) is 0.200. The number of fused-ring (bicyclic) bond motifs is 1. The van der Waals surface area contributed by atoms with E-state index in [0.717, 1.165) is 17.7 Å². The molecule has 0 unspecified atom stereocenters. The Balaban J connectivity index is 1.80. The van der Waals surface area contributed by atoms with Crippen LogP contribution in [0.5, 0.6) is 0 Å². The normalized spacial score (nSPS) is 13.2. The van der Waals surface area contributed by atoms with E-state index in [9.17, 15) is 9.59 Å². The van der Waals surface area contributed by atoms with Crippen molar-refractivity contribution in [3.05, 3.63) is 47.9 Å². The number of furan rings is 1. The molecule has 2 heterocycles. The SMILES string of the molecule is CC(=O)N1CCc2cc(NC(=O)c3ccco3)ccc21. The second-order valence-electron chi connectivity index (χ2n) is 4.70. The molecule has 0 saturated heterocycles. The monoisotopic (exact) mass is 270 g/mol. The fourth-order valence-electron chi connectivity index (χ4n) is 2.41. The first-order chi connectivity index (χ1) is 9.65. The van der Waals surface area contributed by atoms with Gasteiger partial charge in [0.25, 0.3) is 5.91 Å². The first-order valence-electron chi connectivity index (χ1n) is 6.41. The summed E-state index contributed by atoms with van der Waals surface area (Å²) in [5, 5.41) is 2.78. The van der Waals surface area contributed by atoms with Gasteiger partial charge in [-0.2, -0.15) is 0 Å². The predicted octanol–water partition coefficient (Wildman–Crippen LogP) is 2.44. The van der Waals surface area contributed by atoms with Crippen molar-refractivity contribution in [1.82, 2.24) is 0 Å². The number of hydrogen-bond acceptors (Lipinski definition) is 3. The van der Waals surface area contributed by atoms with Gasteiger partial charge in [0.2, 0.25) is 5.91 Å². The van der Waals surface area contributed by atoms with Gasteiger partial charge in [0.05, 0.1) is 6.26 Å². The number of nitrogens with zero attached hydrogens (tertiary/aromatic N) is 1. The largest absolute Gasteiger partial charge is 0.459 e. The van der Waals surface area contributed by atoms with Crippen molar-refractivity contribution in [2.24, 2.45) is 0 Å². The van der Waals surface area contributed by atoms with Crippen molar-refractivity contribution < 1.29 is 14.0 Å². The third-order valence-electron chi connectivity index (χ3n) is 3.36. The summed E-state index contributed by atoms with van der Waals surface area (Å²) in [6.07, 6.45) is 2.27. The quantitative estimate of drug-likeness (QED) is 0.911. The second-order valence-corrected chi connectivity index (χ2v) is 4.70. The van der Waals surface area contributed by atoms with Crippen molar-refractivity contribution in [1.29, 1.82) is 0 Å². The van der Waals surface area contributed by atoms with Crippen molar-refractivity contribution in [2.75, 3.05) is 16.8 Å². The molecule has 0 aliphatic carbocycles. The molecule has 1 aromatic heterocycles. The Hall–Kier alpha value is -2.56. The van der Waals surface area contributed by atoms with E-state index < -0.39 is 0 Å². The van der Waals surface area contributed by atoms with Gasteiger partial charge in [-0.3, -0.25) is 9.59 Å². The highest BCUT2D eigenvalue weighted by molar-refractivity contribution is 6.02. The Morgan fingerprint density at radius 1 is 1.30 bits per heavy atom.